The number of benzene rings is 2. The highest BCUT2D eigenvalue weighted by molar-refractivity contribution is 6.34. The molecule has 4 rings (SSSR count). The van der Waals surface area contributed by atoms with E-state index in [0.29, 0.717) is 29.6 Å². The van der Waals surface area contributed by atoms with Crippen LogP contribution >= 0.6 is 23.2 Å². The summed E-state index contributed by atoms with van der Waals surface area (Å²) in [6, 6.07) is 14.7. The van der Waals surface area contributed by atoms with Gasteiger partial charge in [-0.2, -0.15) is 5.10 Å². The monoisotopic (exact) mass is 487 g/mol. The molecule has 0 aliphatic carbocycles. The van der Waals surface area contributed by atoms with Crippen LogP contribution in [0.1, 0.15) is 43.4 Å². The molecule has 2 atom stereocenters. The van der Waals surface area contributed by atoms with Crippen LogP contribution in [0.3, 0.4) is 0 Å². The summed E-state index contributed by atoms with van der Waals surface area (Å²) >= 11 is 12.9. The molecule has 33 heavy (non-hydrogen) atoms. The van der Waals surface area contributed by atoms with Crippen LogP contribution in [0, 0.1) is 5.92 Å². The van der Waals surface area contributed by atoms with Gasteiger partial charge in [-0.05, 0) is 44.0 Å². The number of ether oxygens (including phenoxy) is 1. The summed E-state index contributed by atoms with van der Waals surface area (Å²) in [4.78, 5) is 27.7. The third-order valence-corrected chi connectivity index (χ3v) is 6.77. The predicted octanol–water partition coefficient (Wildman–Crippen LogP) is 4.95. The van der Waals surface area contributed by atoms with Crippen molar-refractivity contribution in [1.29, 1.82) is 0 Å². The summed E-state index contributed by atoms with van der Waals surface area (Å²) in [6.45, 7) is 3.61. The van der Waals surface area contributed by atoms with E-state index in [4.69, 9.17) is 33.0 Å². The summed E-state index contributed by atoms with van der Waals surface area (Å²) in [5, 5.41) is 7.43. The van der Waals surface area contributed by atoms with Gasteiger partial charge in [-0.15, -0.1) is 0 Å². The van der Waals surface area contributed by atoms with Crippen LogP contribution in [0.15, 0.2) is 53.6 Å². The van der Waals surface area contributed by atoms with Gasteiger partial charge >= 0.3 is 5.97 Å². The number of hydrogen-bond acceptors (Lipinski definition) is 5. The lowest BCUT2D eigenvalue weighted by molar-refractivity contribution is -0.150. The molecule has 1 fully saturated rings. The Bertz CT molecular complexity index is 1060. The molecule has 0 radical (unpaired) electrons. The lowest BCUT2D eigenvalue weighted by Crippen LogP contribution is -2.44. The highest BCUT2D eigenvalue weighted by Gasteiger charge is 2.36. The van der Waals surface area contributed by atoms with E-state index in [1.165, 1.54) is 5.01 Å². The molecular formula is C25H27Cl2N3O3. The van der Waals surface area contributed by atoms with E-state index in [0.717, 1.165) is 36.2 Å². The van der Waals surface area contributed by atoms with E-state index < -0.39 is 0 Å². The maximum Gasteiger partial charge on any atom is 0.310 e. The lowest BCUT2D eigenvalue weighted by atomic mass is 9.97. The van der Waals surface area contributed by atoms with Gasteiger partial charge in [-0.1, -0.05) is 59.6 Å². The number of piperidine rings is 1. The molecule has 8 heteroatoms. The van der Waals surface area contributed by atoms with Crippen LogP contribution in [0.4, 0.5) is 0 Å². The molecule has 0 unspecified atom stereocenters. The van der Waals surface area contributed by atoms with Crippen LogP contribution in [0.5, 0.6) is 0 Å². The van der Waals surface area contributed by atoms with Gasteiger partial charge in [0, 0.05) is 28.6 Å². The highest BCUT2D eigenvalue weighted by atomic mass is 35.5. The number of halogens is 2. The van der Waals surface area contributed by atoms with Crippen molar-refractivity contribution in [2.75, 3.05) is 26.2 Å². The quantitative estimate of drug-likeness (QED) is 0.540. The van der Waals surface area contributed by atoms with Gasteiger partial charge in [-0.25, -0.2) is 5.01 Å². The van der Waals surface area contributed by atoms with E-state index in [1.54, 1.807) is 6.92 Å². The van der Waals surface area contributed by atoms with Gasteiger partial charge in [0.2, 0.25) is 0 Å². The minimum Gasteiger partial charge on any atom is -0.466 e. The second-order valence-corrected chi connectivity index (χ2v) is 9.15. The first-order valence-corrected chi connectivity index (χ1v) is 12.0. The third kappa shape index (κ3) is 5.40. The second kappa shape index (κ2) is 10.7. The average molecular weight is 488 g/mol. The average Bonchev–Trinajstić information content (AvgIpc) is 3.25. The Balaban J connectivity index is 1.56. The Labute approximate surface area is 204 Å². The van der Waals surface area contributed by atoms with Gasteiger partial charge in [0.25, 0.3) is 5.91 Å². The van der Waals surface area contributed by atoms with Crippen molar-refractivity contribution < 1.29 is 14.3 Å². The Kier molecular flexibility index (Phi) is 7.68. The van der Waals surface area contributed by atoms with Crippen LogP contribution in [-0.4, -0.2) is 53.7 Å². The highest BCUT2D eigenvalue weighted by Crippen LogP contribution is 2.37. The van der Waals surface area contributed by atoms with Crippen molar-refractivity contribution in [1.82, 2.24) is 9.91 Å². The maximum atomic E-state index is 13.5. The summed E-state index contributed by atoms with van der Waals surface area (Å²) in [7, 11) is 0. The lowest BCUT2D eigenvalue weighted by Gasteiger charge is -2.32. The Morgan fingerprint density at radius 3 is 2.55 bits per heavy atom. The molecule has 1 saturated heterocycles. The minimum absolute atomic E-state index is 0.133. The molecular weight excluding hydrogens is 461 g/mol. The fraction of sp³-hybridized carbons (Fsp3) is 0.400. The molecule has 2 aliphatic heterocycles. The van der Waals surface area contributed by atoms with Gasteiger partial charge in [-0.3, -0.25) is 14.5 Å². The molecule has 0 saturated carbocycles. The number of amides is 1. The number of likely N-dealkylation sites (tertiary alicyclic amines) is 1. The first kappa shape index (κ1) is 23.7. The van der Waals surface area contributed by atoms with Crippen LogP contribution < -0.4 is 0 Å². The second-order valence-electron chi connectivity index (χ2n) is 8.33. The predicted molar refractivity (Wildman–Crippen MR) is 129 cm³/mol. The number of hydrazone groups is 1. The summed E-state index contributed by atoms with van der Waals surface area (Å²) < 4.78 is 5.19. The third-order valence-electron chi connectivity index (χ3n) is 6.10. The van der Waals surface area contributed by atoms with Crippen LogP contribution in [-0.2, 0) is 14.3 Å². The van der Waals surface area contributed by atoms with Gasteiger partial charge in [0.1, 0.15) is 0 Å². The maximum absolute atomic E-state index is 13.5. The Hall–Kier alpha value is -2.41. The van der Waals surface area contributed by atoms with Crippen molar-refractivity contribution in [3.8, 4) is 0 Å². The molecule has 0 N–H and O–H groups in total. The number of hydrogen-bond donors (Lipinski definition) is 0. The number of carbonyl (C=O) groups excluding carboxylic acids is 2. The van der Waals surface area contributed by atoms with Gasteiger partial charge in [0.15, 0.2) is 0 Å². The molecule has 0 spiro atoms. The van der Waals surface area contributed by atoms with E-state index in [-0.39, 0.29) is 30.4 Å². The van der Waals surface area contributed by atoms with E-state index in [2.05, 4.69) is 0 Å². The van der Waals surface area contributed by atoms with Gasteiger partial charge in [0.05, 0.1) is 30.8 Å². The zero-order valence-electron chi connectivity index (χ0n) is 18.5. The smallest absolute Gasteiger partial charge is 0.310 e. The molecule has 2 aromatic carbocycles. The van der Waals surface area contributed by atoms with E-state index >= 15 is 0 Å². The number of esters is 1. The molecule has 174 valence electrons. The summed E-state index contributed by atoms with van der Waals surface area (Å²) in [5.74, 6) is -0.526. The molecule has 6 nitrogen and oxygen atoms in total. The van der Waals surface area contributed by atoms with E-state index in [1.807, 2.05) is 53.4 Å². The number of rotatable bonds is 6. The Morgan fingerprint density at radius 1 is 1.09 bits per heavy atom. The van der Waals surface area contributed by atoms with Crippen LogP contribution in [0.25, 0.3) is 0 Å². The number of carbonyl (C=O) groups is 2. The molecule has 2 aromatic rings. The van der Waals surface area contributed by atoms with Crippen molar-refractivity contribution >= 4 is 40.8 Å². The molecule has 1 amide bonds. The van der Waals surface area contributed by atoms with Crippen molar-refractivity contribution in [2.24, 2.45) is 11.0 Å². The van der Waals surface area contributed by atoms with E-state index in [9.17, 15) is 9.59 Å². The normalized spacial score (nSPS) is 21.1. The molecule has 2 aliphatic rings. The van der Waals surface area contributed by atoms with Gasteiger partial charge < -0.3 is 4.74 Å². The zero-order chi connectivity index (χ0) is 23.4. The standard InChI is InChI=1S/C25H27Cl2N3O3/c1-2-33-25(32)17-8-7-13-29(15-17)16-24(31)30-23(19-10-4-6-12-21(19)27)14-22(28-30)18-9-3-5-11-20(18)26/h3-6,9-12,17,23H,2,7-8,13-16H2,1H3/t17-,23-/m0/s1. The molecule has 0 bridgehead atoms. The largest absolute Gasteiger partial charge is 0.466 e. The fourth-order valence-electron chi connectivity index (χ4n) is 4.50. The SMILES string of the molecule is CCOC(=O)[C@H]1CCCN(CC(=O)N2N=C(c3ccccc3Cl)C[C@H]2c2ccccc2Cl)C1. The van der Waals surface area contributed by atoms with Crippen molar-refractivity contribution in [3.05, 3.63) is 69.7 Å². The number of nitrogens with zero attached hydrogens (tertiary/aromatic N) is 3. The Morgan fingerprint density at radius 2 is 1.82 bits per heavy atom. The summed E-state index contributed by atoms with van der Waals surface area (Å²) in [5.41, 5.74) is 2.41. The molecule has 0 aromatic heterocycles. The fourth-order valence-corrected chi connectivity index (χ4v) is 5.01. The first-order valence-electron chi connectivity index (χ1n) is 11.3. The summed E-state index contributed by atoms with van der Waals surface area (Å²) in [6.07, 6.45) is 2.15. The van der Waals surface area contributed by atoms with Crippen molar-refractivity contribution in [2.45, 2.75) is 32.2 Å². The van der Waals surface area contributed by atoms with Crippen molar-refractivity contribution in [3.63, 3.8) is 0 Å². The first-order chi connectivity index (χ1) is 16.0. The minimum atomic E-state index is -0.317. The topological polar surface area (TPSA) is 62.2 Å². The van der Waals surface area contributed by atoms with Crippen LogP contribution in [0.2, 0.25) is 10.0 Å². The zero-order valence-corrected chi connectivity index (χ0v) is 20.1. The molecule has 2 heterocycles.